The summed E-state index contributed by atoms with van der Waals surface area (Å²) in [6.45, 7) is 1.97. The Morgan fingerprint density at radius 1 is 1.10 bits per heavy atom. The smallest absolute Gasteiger partial charge is 0.301 e. The fraction of sp³-hybridized carbons (Fsp3) is 0.172. The first-order valence-corrected chi connectivity index (χ1v) is 14.4. The number of carbonyl (C=O) groups excluding carboxylic acids is 2. The van der Waals surface area contributed by atoms with Gasteiger partial charge in [-0.2, -0.15) is 0 Å². The number of aromatic nitrogens is 2. The summed E-state index contributed by atoms with van der Waals surface area (Å²) in [4.78, 5) is 28.2. The molecular weight excluding hydrogens is 554 g/mol. The van der Waals surface area contributed by atoms with Gasteiger partial charge in [0.2, 0.25) is 5.13 Å². The molecule has 10 heteroatoms. The number of rotatable bonds is 6. The summed E-state index contributed by atoms with van der Waals surface area (Å²) in [5.74, 6) is -0.398. The minimum absolute atomic E-state index is 0.0251. The number of nitrogens with zero attached hydrogens (tertiary/aromatic N) is 3. The molecule has 0 radical (unpaired) electrons. The first-order chi connectivity index (χ1) is 18.9. The summed E-state index contributed by atoms with van der Waals surface area (Å²) in [6, 6.07) is 21.2. The Bertz CT molecular complexity index is 1620. The van der Waals surface area contributed by atoms with Crippen LogP contribution in [0.4, 0.5) is 5.13 Å². The van der Waals surface area contributed by atoms with Gasteiger partial charge in [-0.15, -0.1) is 10.2 Å². The minimum Gasteiger partial charge on any atom is -0.507 e. The van der Waals surface area contributed by atoms with E-state index in [4.69, 9.17) is 16.3 Å². The molecule has 1 aromatic heterocycles. The zero-order chi connectivity index (χ0) is 27.1. The zero-order valence-corrected chi connectivity index (χ0v) is 23.1. The van der Waals surface area contributed by atoms with Crippen molar-refractivity contribution in [1.29, 1.82) is 0 Å². The topological polar surface area (TPSA) is 92.6 Å². The number of anilines is 1. The lowest BCUT2D eigenvalue weighted by atomic mass is 9.94. The summed E-state index contributed by atoms with van der Waals surface area (Å²) >= 11 is 9.03. The summed E-state index contributed by atoms with van der Waals surface area (Å²) in [5, 5.41) is 20.7. The van der Waals surface area contributed by atoms with Crippen LogP contribution in [-0.2, 0) is 21.8 Å². The summed E-state index contributed by atoms with van der Waals surface area (Å²) in [6.07, 6.45) is 0.720. The molecule has 1 amide bonds. The first-order valence-electron chi connectivity index (χ1n) is 12.3. The van der Waals surface area contributed by atoms with Gasteiger partial charge in [-0.25, -0.2) is 0 Å². The molecule has 3 aromatic carbocycles. The fourth-order valence-corrected chi connectivity index (χ4v) is 6.85. The highest BCUT2D eigenvalue weighted by Crippen LogP contribution is 2.45. The van der Waals surface area contributed by atoms with Gasteiger partial charge in [-0.05, 0) is 53.9 Å². The number of Topliss-reactive ketones (excluding diaryl/α,β-unsaturated/α-hetero) is 1. The van der Waals surface area contributed by atoms with E-state index in [-0.39, 0.29) is 22.6 Å². The van der Waals surface area contributed by atoms with Crippen molar-refractivity contribution in [2.75, 3.05) is 4.90 Å². The molecule has 2 atom stereocenters. The van der Waals surface area contributed by atoms with Gasteiger partial charge in [-0.3, -0.25) is 14.5 Å². The van der Waals surface area contributed by atoms with Crippen LogP contribution in [0.1, 0.15) is 35.2 Å². The molecule has 2 unspecified atom stereocenters. The minimum atomic E-state index is -0.924. The lowest BCUT2D eigenvalue weighted by Crippen LogP contribution is -2.29. The molecule has 0 saturated carbocycles. The summed E-state index contributed by atoms with van der Waals surface area (Å²) in [7, 11) is 0. The number of amides is 1. The van der Waals surface area contributed by atoms with E-state index in [9.17, 15) is 14.7 Å². The molecule has 196 valence electrons. The Kier molecular flexibility index (Phi) is 6.88. The maximum atomic E-state index is 13.5. The Hall–Kier alpha value is -3.66. The van der Waals surface area contributed by atoms with Crippen LogP contribution in [0.25, 0.3) is 5.76 Å². The van der Waals surface area contributed by atoms with Crippen LogP contribution in [-0.4, -0.2) is 33.1 Å². The third-order valence-corrected chi connectivity index (χ3v) is 8.95. The maximum Gasteiger partial charge on any atom is 0.301 e. The third kappa shape index (κ3) is 4.93. The molecule has 2 aliphatic heterocycles. The van der Waals surface area contributed by atoms with Gasteiger partial charge < -0.3 is 9.84 Å². The van der Waals surface area contributed by atoms with Crippen LogP contribution in [0.5, 0.6) is 5.75 Å². The van der Waals surface area contributed by atoms with Crippen molar-refractivity contribution in [1.82, 2.24) is 10.2 Å². The SMILES string of the molecule is CC1Cc2cc(/C(O)=C3\C(=O)C(=O)N(c4nnc(SCc5ccccc5)s4)C3c3cccc(Cl)c3)ccc2O1. The van der Waals surface area contributed by atoms with Crippen LogP contribution in [0, 0.1) is 0 Å². The van der Waals surface area contributed by atoms with Gasteiger partial charge in [0.1, 0.15) is 17.6 Å². The van der Waals surface area contributed by atoms with Crippen molar-refractivity contribution in [3.63, 3.8) is 0 Å². The number of hydrogen-bond acceptors (Lipinski definition) is 8. The second-order valence-electron chi connectivity index (χ2n) is 9.30. The van der Waals surface area contributed by atoms with Crippen LogP contribution in [0.3, 0.4) is 0 Å². The molecule has 4 aromatic rings. The monoisotopic (exact) mass is 575 g/mol. The highest BCUT2D eigenvalue weighted by Gasteiger charge is 2.48. The van der Waals surface area contributed by atoms with Gasteiger partial charge in [-0.1, -0.05) is 77.2 Å². The highest BCUT2D eigenvalue weighted by molar-refractivity contribution is 8.00. The van der Waals surface area contributed by atoms with Crippen molar-refractivity contribution >= 4 is 57.3 Å². The van der Waals surface area contributed by atoms with Crippen LogP contribution < -0.4 is 9.64 Å². The van der Waals surface area contributed by atoms with Crippen molar-refractivity contribution in [3.05, 3.63) is 106 Å². The molecule has 6 rings (SSSR count). The van der Waals surface area contributed by atoms with Gasteiger partial charge in [0.05, 0.1) is 11.6 Å². The molecular formula is C29H22ClN3O4S2. The predicted molar refractivity (Wildman–Crippen MR) is 152 cm³/mol. The average Bonchev–Trinajstić information content (AvgIpc) is 3.62. The molecule has 2 aliphatic rings. The van der Waals surface area contributed by atoms with Gasteiger partial charge in [0.15, 0.2) is 4.34 Å². The number of hydrogen-bond donors (Lipinski definition) is 1. The maximum absolute atomic E-state index is 13.5. The number of carbonyl (C=O) groups is 2. The molecule has 7 nitrogen and oxygen atoms in total. The number of aliphatic hydroxyl groups excluding tert-OH is 1. The number of benzene rings is 3. The molecule has 39 heavy (non-hydrogen) atoms. The molecule has 0 spiro atoms. The number of fused-ring (bicyclic) bond motifs is 1. The van der Waals surface area contributed by atoms with Crippen molar-refractivity contribution in [2.45, 2.75) is 35.6 Å². The number of thioether (sulfide) groups is 1. The van der Waals surface area contributed by atoms with Crippen molar-refractivity contribution in [3.8, 4) is 5.75 Å². The second-order valence-corrected chi connectivity index (χ2v) is 11.9. The zero-order valence-electron chi connectivity index (χ0n) is 20.7. The van der Waals surface area contributed by atoms with E-state index < -0.39 is 17.7 Å². The molecule has 0 aliphatic carbocycles. The lowest BCUT2D eigenvalue weighted by Gasteiger charge is -2.22. The van der Waals surface area contributed by atoms with Crippen LogP contribution in [0.15, 0.2) is 82.7 Å². The van der Waals surface area contributed by atoms with Gasteiger partial charge in [0.25, 0.3) is 5.78 Å². The summed E-state index contributed by atoms with van der Waals surface area (Å²) < 4.78 is 6.44. The lowest BCUT2D eigenvalue weighted by molar-refractivity contribution is -0.132. The number of ketones is 1. The van der Waals surface area contributed by atoms with Crippen LogP contribution >= 0.6 is 34.7 Å². The average molecular weight is 576 g/mol. The highest BCUT2D eigenvalue weighted by atomic mass is 35.5. The third-order valence-electron chi connectivity index (χ3n) is 6.59. The van der Waals surface area contributed by atoms with Crippen molar-refractivity contribution in [2.24, 2.45) is 0 Å². The Labute approximate surface area is 238 Å². The molecule has 3 heterocycles. The molecule has 1 N–H and O–H groups in total. The Morgan fingerprint density at radius 2 is 1.92 bits per heavy atom. The second kappa shape index (κ2) is 10.5. The Balaban J connectivity index is 1.40. The van der Waals surface area contributed by atoms with Gasteiger partial charge >= 0.3 is 5.91 Å². The van der Waals surface area contributed by atoms with Crippen molar-refractivity contribution < 1.29 is 19.4 Å². The van der Waals surface area contributed by atoms with Gasteiger partial charge in [0, 0.05) is 22.8 Å². The molecule has 1 fully saturated rings. The van der Waals surface area contributed by atoms with Crippen LogP contribution in [0.2, 0.25) is 5.02 Å². The van der Waals surface area contributed by atoms with E-state index in [0.717, 1.165) is 16.9 Å². The van der Waals surface area contributed by atoms with E-state index in [0.29, 0.717) is 32.7 Å². The van der Waals surface area contributed by atoms with E-state index in [1.807, 2.05) is 37.3 Å². The fourth-order valence-electron chi connectivity index (χ4n) is 4.82. The normalized spacial score (nSPS) is 19.8. The standard InChI is InChI=1S/C29H22ClN3O4S2/c1-16-12-20-13-19(10-11-22(20)37-16)25(34)23-24(18-8-5-9-21(30)14-18)33(27(36)26(23)35)28-31-32-29(39-28)38-15-17-6-3-2-4-7-17/h2-11,13-14,16,24,34H,12,15H2,1H3/b25-23+. The largest absolute Gasteiger partial charge is 0.507 e. The predicted octanol–water partition coefficient (Wildman–Crippen LogP) is 6.43. The first kappa shape index (κ1) is 25.6. The quantitative estimate of drug-likeness (QED) is 0.0930. The molecule has 1 saturated heterocycles. The molecule has 0 bridgehead atoms. The number of aliphatic hydroxyl groups is 1. The van der Waals surface area contributed by atoms with E-state index >= 15 is 0 Å². The Morgan fingerprint density at radius 3 is 2.72 bits per heavy atom. The van der Waals surface area contributed by atoms with E-state index in [1.165, 1.54) is 28.0 Å². The van der Waals surface area contributed by atoms with E-state index in [2.05, 4.69) is 10.2 Å². The number of ether oxygens (including phenoxy) is 1. The van der Waals surface area contributed by atoms with E-state index in [1.54, 1.807) is 42.5 Å². The summed E-state index contributed by atoms with van der Waals surface area (Å²) in [5.41, 5.74) is 3.06. The number of halogens is 1.